The SMILES string of the molecule is C=CCCCCCCCC(C)[C@H]1O[C@H](CO)[C@@H](O)[C@@H]1Oc1cccc(F)c1. The Morgan fingerprint density at radius 2 is 2.00 bits per heavy atom. The van der Waals surface area contributed by atoms with Crippen LogP contribution in [0.15, 0.2) is 36.9 Å². The van der Waals surface area contributed by atoms with E-state index in [1.54, 1.807) is 12.1 Å². The first kappa shape index (κ1) is 21.9. The van der Waals surface area contributed by atoms with Crippen molar-refractivity contribution in [2.45, 2.75) is 76.3 Å². The highest BCUT2D eigenvalue weighted by Crippen LogP contribution is 2.32. The van der Waals surface area contributed by atoms with E-state index in [0.29, 0.717) is 5.75 Å². The molecule has 1 unspecified atom stereocenters. The molecule has 1 aromatic carbocycles. The molecule has 1 saturated heterocycles. The number of allylic oxidation sites excluding steroid dienone is 1. The van der Waals surface area contributed by atoms with Crippen molar-refractivity contribution in [2.75, 3.05) is 6.61 Å². The van der Waals surface area contributed by atoms with E-state index in [0.717, 1.165) is 25.7 Å². The maximum Gasteiger partial charge on any atom is 0.153 e. The van der Waals surface area contributed by atoms with Gasteiger partial charge in [-0.1, -0.05) is 44.7 Å². The summed E-state index contributed by atoms with van der Waals surface area (Å²) < 4.78 is 25.2. The molecular formula is C22H33FO4. The molecule has 5 atom stereocenters. The molecule has 2 N–H and O–H groups in total. The maximum atomic E-state index is 13.4. The molecule has 152 valence electrons. The Labute approximate surface area is 162 Å². The summed E-state index contributed by atoms with van der Waals surface area (Å²) in [6, 6.07) is 5.87. The van der Waals surface area contributed by atoms with Gasteiger partial charge in [0, 0.05) is 6.07 Å². The van der Waals surface area contributed by atoms with Gasteiger partial charge < -0.3 is 19.7 Å². The maximum absolute atomic E-state index is 13.4. The van der Waals surface area contributed by atoms with Crippen molar-refractivity contribution >= 4 is 0 Å². The molecule has 0 aliphatic carbocycles. The fourth-order valence-electron chi connectivity index (χ4n) is 3.66. The van der Waals surface area contributed by atoms with Gasteiger partial charge in [-0.3, -0.25) is 0 Å². The number of halogens is 1. The van der Waals surface area contributed by atoms with Gasteiger partial charge in [0.05, 0.1) is 6.61 Å². The lowest BCUT2D eigenvalue weighted by Gasteiger charge is -2.26. The van der Waals surface area contributed by atoms with Gasteiger partial charge in [0.15, 0.2) is 6.10 Å². The molecule has 1 aliphatic heterocycles. The van der Waals surface area contributed by atoms with Gasteiger partial charge in [-0.05, 0) is 37.3 Å². The number of aliphatic hydroxyl groups excluding tert-OH is 2. The molecule has 1 aromatic rings. The summed E-state index contributed by atoms with van der Waals surface area (Å²) in [5.41, 5.74) is 0. The van der Waals surface area contributed by atoms with Gasteiger partial charge in [0.1, 0.15) is 29.9 Å². The van der Waals surface area contributed by atoms with Gasteiger partial charge in [-0.15, -0.1) is 6.58 Å². The lowest BCUT2D eigenvalue weighted by molar-refractivity contribution is -0.0402. The summed E-state index contributed by atoms with van der Waals surface area (Å²) in [6.07, 6.45) is 7.30. The Morgan fingerprint density at radius 1 is 1.26 bits per heavy atom. The Morgan fingerprint density at radius 3 is 2.70 bits per heavy atom. The molecule has 1 aliphatic rings. The van der Waals surface area contributed by atoms with Crippen LogP contribution in [0.3, 0.4) is 0 Å². The van der Waals surface area contributed by atoms with Crippen LogP contribution in [0.4, 0.5) is 4.39 Å². The van der Waals surface area contributed by atoms with Crippen LogP contribution in [0.25, 0.3) is 0 Å². The molecule has 27 heavy (non-hydrogen) atoms. The highest BCUT2D eigenvalue weighted by Gasteiger charge is 2.47. The van der Waals surface area contributed by atoms with Crippen molar-refractivity contribution in [1.82, 2.24) is 0 Å². The van der Waals surface area contributed by atoms with Gasteiger partial charge in [0.25, 0.3) is 0 Å². The van der Waals surface area contributed by atoms with Crippen LogP contribution in [0.5, 0.6) is 5.75 Å². The second kappa shape index (κ2) is 11.4. The number of benzene rings is 1. The van der Waals surface area contributed by atoms with Crippen molar-refractivity contribution in [2.24, 2.45) is 5.92 Å². The van der Waals surface area contributed by atoms with E-state index in [1.165, 1.54) is 31.4 Å². The van der Waals surface area contributed by atoms with E-state index in [-0.39, 0.29) is 24.4 Å². The molecule has 0 bridgehead atoms. The van der Waals surface area contributed by atoms with Gasteiger partial charge in [-0.25, -0.2) is 4.39 Å². The molecule has 0 saturated carbocycles. The van der Waals surface area contributed by atoms with Crippen molar-refractivity contribution < 1.29 is 24.1 Å². The van der Waals surface area contributed by atoms with E-state index in [2.05, 4.69) is 13.5 Å². The number of hydrogen-bond acceptors (Lipinski definition) is 4. The minimum atomic E-state index is -0.940. The van der Waals surface area contributed by atoms with Crippen LogP contribution < -0.4 is 4.74 Å². The highest BCUT2D eigenvalue weighted by molar-refractivity contribution is 5.23. The predicted octanol–water partition coefficient (Wildman–Crippen LogP) is 4.25. The zero-order chi connectivity index (χ0) is 19.6. The smallest absolute Gasteiger partial charge is 0.153 e. The first-order valence-corrected chi connectivity index (χ1v) is 10.0. The zero-order valence-corrected chi connectivity index (χ0v) is 16.2. The summed E-state index contributed by atoms with van der Waals surface area (Å²) >= 11 is 0. The van der Waals surface area contributed by atoms with Crippen molar-refractivity contribution in [3.05, 3.63) is 42.7 Å². The highest BCUT2D eigenvalue weighted by atomic mass is 19.1. The molecule has 5 heteroatoms. The van der Waals surface area contributed by atoms with Gasteiger partial charge >= 0.3 is 0 Å². The number of ether oxygens (including phenoxy) is 2. The average molecular weight is 381 g/mol. The Bertz CT molecular complexity index is 565. The minimum Gasteiger partial charge on any atom is -0.485 e. The summed E-state index contributed by atoms with van der Waals surface area (Å²) in [5.74, 6) is 0.143. The van der Waals surface area contributed by atoms with Crippen LogP contribution in [0.2, 0.25) is 0 Å². The first-order chi connectivity index (χ1) is 13.1. The van der Waals surface area contributed by atoms with Crippen LogP contribution >= 0.6 is 0 Å². The third-order valence-electron chi connectivity index (χ3n) is 5.25. The quantitative estimate of drug-likeness (QED) is 0.420. The number of hydrogen-bond donors (Lipinski definition) is 2. The van der Waals surface area contributed by atoms with E-state index in [1.807, 2.05) is 6.08 Å². The Kier molecular flexibility index (Phi) is 9.25. The third kappa shape index (κ3) is 6.59. The van der Waals surface area contributed by atoms with Crippen LogP contribution in [0, 0.1) is 11.7 Å². The first-order valence-electron chi connectivity index (χ1n) is 10.0. The molecule has 0 amide bonds. The summed E-state index contributed by atoms with van der Waals surface area (Å²) in [7, 11) is 0. The van der Waals surface area contributed by atoms with Crippen molar-refractivity contribution in [3.8, 4) is 5.75 Å². The Hall–Kier alpha value is -1.43. The van der Waals surface area contributed by atoms with Crippen LogP contribution in [-0.4, -0.2) is 41.2 Å². The lowest BCUT2D eigenvalue weighted by Crippen LogP contribution is -2.40. The standard InChI is InChI=1S/C22H33FO4/c1-3-4-5-6-7-8-9-11-16(2)21-22(20(25)19(15-24)27-21)26-18-13-10-12-17(23)14-18/h3,10,12-14,16,19-22,24-25H,1,4-9,11,15H2,2H3/t16?,19-,20-,21-,22+/m1/s1. The van der Waals surface area contributed by atoms with Crippen molar-refractivity contribution in [3.63, 3.8) is 0 Å². The van der Waals surface area contributed by atoms with E-state index in [9.17, 15) is 14.6 Å². The third-order valence-corrected chi connectivity index (χ3v) is 5.25. The normalized spacial score (nSPS) is 26.1. The molecule has 4 nitrogen and oxygen atoms in total. The Balaban J connectivity index is 1.88. The van der Waals surface area contributed by atoms with Crippen LogP contribution in [-0.2, 0) is 4.74 Å². The molecule has 0 radical (unpaired) electrons. The molecule has 2 rings (SSSR count). The summed E-state index contributed by atoms with van der Waals surface area (Å²) in [6.45, 7) is 5.55. The largest absolute Gasteiger partial charge is 0.485 e. The predicted molar refractivity (Wildman–Crippen MR) is 104 cm³/mol. The van der Waals surface area contributed by atoms with E-state index < -0.39 is 18.3 Å². The minimum absolute atomic E-state index is 0.169. The second-order valence-electron chi connectivity index (χ2n) is 7.46. The monoisotopic (exact) mass is 380 g/mol. The fourth-order valence-corrected chi connectivity index (χ4v) is 3.66. The number of aliphatic hydroxyl groups is 2. The lowest BCUT2D eigenvalue weighted by atomic mass is 9.92. The molecule has 0 spiro atoms. The van der Waals surface area contributed by atoms with Crippen LogP contribution in [0.1, 0.15) is 51.9 Å². The average Bonchev–Trinajstić information content (AvgIpc) is 2.97. The van der Waals surface area contributed by atoms with Gasteiger partial charge in [0.2, 0.25) is 0 Å². The second-order valence-corrected chi connectivity index (χ2v) is 7.46. The van der Waals surface area contributed by atoms with E-state index >= 15 is 0 Å². The topological polar surface area (TPSA) is 58.9 Å². The molecule has 1 fully saturated rings. The molecular weight excluding hydrogens is 347 g/mol. The summed E-state index contributed by atoms with van der Waals surface area (Å²) in [5, 5.41) is 20.0. The van der Waals surface area contributed by atoms with Gasteiger partial charge in [-0.2, -0.15) is 0 Å². The summed E-state index contributed by atoms with van der Waals surface area (Å²) in [4.78, 5) is 0. The zero-order valence-electron chi connectivity index (χ0n) is 16.2. The van der Waals surface area contributed by atoms with E-state index in [4.69, 9.17) is 9.47 Å². The number of rotatable bonds is 12. The number of unbranched alkanes of at least 4 members (excludes halogenated alkanes) is 5. The molecule has 1 heterocycles. The van der Waals surface area contributed by atoms with Crippen molar-refractivity contribution in [1.29, 1.82) is 0 Å². The molecule has 0 aromatic heterocycles. The fraction of sp³-hybridized carbons (Fsp3) is 0.636.